The molecule has 0 spiro atoms. The van der Waals surface area contributed by atoms with Crippen molar-refractivity contribution in [3.63, 3.8) is 0 Å². The van der Waals surface area contributed by atoms with Crippen LogP contribution in [-0.4, -0.2) is 41.1 Å². The molecule has 2 aromatic rings. The molecule has 0 saturated carbocycles. The average Bonchev–Trinajstić information content (AvgIpc) is 2.65. The van der Waals surface area contributed by atoms with Crippen LogP contribution in [0.2, 0.25) is 5.02 Å². The van der Waals surface area contributed by atoms with Crippen LogP contribution >= 0.6 is 11.6 Å². The van der Waals surface area contributed by atoms with Crippen molar-refractivity contribution in [2.75, 3.05) is 26.7 Å². The summed E-state index contributed by atoms with van der Waals surface area (Å²) in [6.45, 7) is 3.30. The van der Waals surface area contributed by atoms with Gasteiger partial charge in [0.1, 0.15) is 0 Å². The van der Waals surface area contributed by atoms with Crippen LogP contribution in [0.25, 0.3) is 0 Å². The number of nitrogens with one attached hydrogen (secondary N) is 3. The van der Waals surface area contributed by atoms with E-state index in [9.17, 15) is 8.42 Å². The first kappa shape index (κ1) is 21.2. The van der Waals surface area contributed by atoms with E-state index in [1.54, 1.807) is 31.3 Å². The highest BCUT2D eigenvalue weighted by Crippen LogP contribution is 2.10. The Balaban J connectivity index is 1.71. The van der Waals surface area contributed by atoms with Crippen LogP contribution in [0.5, 0.6) is 0 Å². The highest BCUT2D eigenvalue weighted by molar-refractivity contribution is 7.89. The van der Waals surface area contributed by atoms with Gasteiger partial charge < -0.3 is 10.6 Å². The van der Waals surface area contributed by atoms with Crippen LogP contribution in [0, 0.1) is 6.92 Å². The number of guanidine groups is 1. The Bertz CT molecular complexity index is 850. The first-order valence-corrected chi connectivity index (χ1v) is 10.5. The zero-order chi connectivity index (χ0) is 19.7. The van der Waals surface area contributed by atoms with E-state index in [0.717, 1.165) is 17.0 Å². The molecule has 0 aliphatic rings. The molecule has 0 fully saturated rings. The molecule has 27 heavy (non-hydrogen) atoms. The Kier molecular flexibility index (Phi) is 8.09. The van der Waals surface area contributed by atoms with Gasteiger partial charge in [0.25, 0.3) is 0 Å². The summed E-state index contributed by atoms with van der Waals surface area (Å²) in [7, 11) is -1.82. The van der Waals surface area contributed by atoms with Gasteiger partial charge in [-0.15, -0.1) is 0 Å². The summed E-state index contributed by atoms with van der Waals surface area (Å²) < 4.78 is 27.0. The predicted octanol–water partition coefficient (Wildman–Crippen LogP) is 2.33. The van der Waals surface area contributed by atoms with E-state index in [0.29, 0.717) is 19.0 Å². The Morgan fingerprint density at radius 1 is 0.963 bits per heavy atom. The molecule has 0 aliphatic heterocycles. The molecule has 0 saturated heterocycles. The van der Waals surface area contributed by atoms with Crippen LogP contribution in [0.1, 0.15) is 11.1 Å². The fraction of sp³-hybridized carbons (Fsp3) is 0.316. The van der Waals surface area contributed by atoms with Gasteiger partial charge in [0.05, 0.1) is 4.90 Å². The van der Waals surface area contributed by atoms with E-state index >= 15 is 0 Å². The highest BCUT2D eigenvalue weighted by Gasteiger charge is 2.12. The molecule has 6 nitrogen and oxygen atoms in total. The largest absolute Gasteiger partial charge is 0.356 e. The maximum atomic E-state index is 12.2. The smallest absolute Gasteiger partial charge is 0.240 e. The lowest BCUT2D eigenvalue weighted by Gasteiger charge is -2.12. The van der Waals surface area contributed by atoms with Gasteiger partial charge in [0, 0.05) is 31.7 Å². The molecule has 0 bridgehead atoms. The molecule has 8 heteroatoms. The van der Waals surface area contributed by atoms with Crippen molar-refractivity contribution < 1.29 is 8.42 Å². The summed E-state index contributed by atoms with van der Waals surface area (Å²) in [5, 5.41) is 7.01. The lowest BCUT2D eigenvalue weighted by molar-refractivity contribution is 0.580. The van der Waals surface area contributed by atoms with Crippen molar-refractivity contribution in [1.29, 1.82) is 0 Å². The molecule has 2 aromatic carbocycles. The fourth-order valence-electron chi connectivity index (χ4n) is 2.36. The van der Waals surface area contributed by atoms with Gasteiger partial charge >= 0.3 is 0 Å². The second kappa shape index (κ2) is 10.3. The number of rotatable bonds is 8. The fourth-order valence-corrected chi connectivity index (χ4v) is 3.52. The predicted molar refractivity (Wildman–Crippen MR) is 111 cm³/mol. The Hall–Kier alpha value is -2.09. The minimum absolute atomic E-state index is 0.258. The lowest BCUT2D eigenvalue weighted by atomic mass is 10.1. The van der Waals surface area contributed by atoms with Crippen molar-refractivity contribution in [1.82, 2.24) is 15.4 Å². The minimum Gasteiger partial charge on any atom is -0.356 e. The van der Waals surface area contributed by atoms with Crippen LogP contribution in [0.3, 0.4) is 0 Å². The number of benzene rings is 2. The van der Waals surface area contributed by atoms with Gasteiger partial charge in [-0.3, -0.25) is 4.99 Å². The standard InChI is InChI=1S/C19H25ClN4O2S/c1-15-3-9-18(10-4-15)27(25,26)24-14-13-23-19(21-2)22-12-11-16-5-7-17(20)8-6-16/h3-10,24H,11-14H2,1-2H3,(H2,21,22,23). The molecule has 146 valence electrons. The zero-order valence-corrected chi connectivity index (χ0v) is 17.1. The van der Waals surface area contributed by atoms with E-state index in [2.05, 4.69) is 20.3 Å². The normalized spacial score (nSPS) is 12.0. The molecule has 0 unspecified atom stereocenters. The molecule has 0 heterocycles. The van der Waals surface area contributed by atoms with Gasteiger partial charge in [-0.1, -0.05) is 41.4 Å². The van der Waals surface area contributed by atoms with E-state index in [1.807, 2.05) is 31.2 Å². The number of nitrogens with zero attached hydrogens (tertiary/aromatic N) is 1. The topological polar surface area (TPSA) is 82.6 Å². The number of halogens is 1. The Labute approximate surface area is 166 Å². The SMILES string of the molecule is CN=C(NCCNS(=O)(=O)c1ccc(C)cc1)NCCc1ccc(Cl)cc1. The molecule has 2 rings (SSSR count). The van der Waals surface area contributed by atoms with E-state index in [-0.39, 0.29) is 11.4 Å². The Morgan fingerprint density at radius 3 is 2.22 bits per heavy atom. The second-order valence-corrected chi connectivity index (χ2v) is 8.22. The quantitative estimate of drug-likeness (QED) is 0.355. The summed E-state index contributed by atoms with van der Waals surface area (Å²) in [6, 6.07) is 14.5. The van der Waals surface area contributed by atoms with Crippen molar-refractivity contribution in [2.24, 2.45) is 4.99 Å². The molecule has 0 radical (unpaired) electrons. The average molecular weight is 409 g/mol. The number of hydrogen-bond donors (Lipinski definition) is 3. The molecule has 0 atom stereocenters. The monoisotopic (exact) mass is 408 g/mol. The first-order chi connectivity index (χ1) is 12.9. The molecule has 0 aromatic heterocycles. The number of aryl methyl sites for hydroxylation is 1. The summed E-state index contributed by atoms with van der Waals surface area (Å²) in [5.74, 6) is 0.624. The third kappa shape index (κ3) is 7.21. The maximum absolute atomic E-state index is 12.2. The number of aliphatic imine (C=N–C) groups is 1. The van der Waals surface area contributed by atoms with E-state index in [4.69, 9.17) is 11.6 Å². The van der Waals surface area contributed by atoms with Crippen LogP contribution < -0.4 is 15.4 Å². The van der Waals surface area contributed by atoms with Gasteiger partial charge in [-0.25, -0.2) is 13.1 Å². The van der Waals surface area contributed by atoms with Crippen LogP contribution in [0.15, 0.2) is 58.4 Å². The van der Waals surface area contributed by atoms with E-state index in [1.165, 1.54) is 5.56 Å². The molecule has 3 N–H and O–H groups in total. The summed E-state index contributed by atoms with van der Waals surface area (Å²) in [6.07, 6.45) is 0.831. The Morgan fingerprint density at radius 2 is 1.59 bits per heavy atom. The van der Waals surface area contributed by atoms with Crippen molar-refractivity contribution in [3.05, 3.63) is 64.7 Å². The van der Waals surface area contributed by atoms with Gasteiger partial charge in [-0.05, 0) is 43.2 Å². The van der Waals surface area contributed by atoms with E-state index < -0.39 is 10.0 Å². The number of hydrogen-bond acceptors (Lipinski definition) is 3. The molecular formula is C19H25ClN4O2S. The summed E-state index contributed by atoms with van der Waals surface area (Å²) in [5.41, 5.74) is 2.19. The minimum atomic E-state index is -3.50. The highest BCUT2D eigenvalue weighted by atomic mass is 35.5. The summed E-state index contributed by atoms with van der Waals surface area (Å²) >= 11 is 5.87. The lowest BCUT2D eigenvalue weighted by Crippen LogP contribution is -2.42. The van der Waals surface area contributed by atoms with Gasteiger partial charge in [0.2, 0.25) is 10.0 Å². The van der Waals surface area contributed by atoms with Crippen molar-refractivity contribution in [2.45, 2.75) is 18.2 Å². The third-order valence-electron chi connectivity index (χ3n) is 3.88. The van der Waals surface area contributed by atoms with Crippen molar-refractivity contribution in [3.8, 4) is 0 Å². The molecular weight excluding hydrogens is 384 g/mol. The first-order valence-electron chi connectivity index (χ1n) is 8.66. The summed E-state index contributed by atoms with van der Waals surface area (Å²) in [4.78, 5) is 4.39. The van der Waals surface area contributed by atoms with Crippen LogP contribution in [0.4, 0.5) is 0 Å². The third-order valence-corrected chi connectivity index (χ3v) is 5.61. The second-order valence-electron chi connectivity index (χ2n) is 6.01. The zero-order valence-electron chi connectivity index (χ0n) is 15.5. The van der Waals surface area contributed by atoms with Gasteiger partial charge in [-0.2, -0.15) is 0 Å². The molecule has 0 amide bonds. The van der Waals surface area contributed by atoms with Crippen molar-refractivity contribution >= 4 is 27.6 Å². The number of sulfonamides is 1. The van der Waals surface area contributed by atoms with Crippen LogP contribution in [-0.2, 0) is 16.4 Å². The molecule has 0 aliphatic carbocycles. The van der Waals surface area contributed by atoms with Gasteiger partial charge in [0.15, 0.2) is 5.96 Å². The maximum Gasteiger partial charge on any atom is 0.240 e.